The minimum atomic E-state index is -0.958. The third kappa shape index (κ3) is 3.71. The first kappa shape index (κ1) is 19.1. The molecule has 4 rings (SSSR count). The van der Waals surface area contributed by atoms with E-state index in [1.807, 2.05) is 19.1 Å². The van der Waals surface area contributed by atoms with Crippen LogP contribution in [0.1, 0.15) is 40.9 Å². The number of nitrogens with one attached hydrogen (secondary N) is 2. The maximum Gasteiger partial charge on any atom is 0.289 e. The Morgan fingerprint density at radius 3 is 2.89 bits per heavy atom. The lowest BCUT2D eigenvalue weighted by molar-refractivity contribution is 0.0269. The number of pyridine rings is 1. The van der Waals surface area contributed by atoms with Crippen LogP contribution in [0.15, 0.2) is 27.5 Å². The van der Waals surface area contributed by atoms with Crippen molar-refractivity contribution >= 4 is 33.2 Å². The highest BCUT2D eigenvalue weighted by molar-refractivity contribution is 9.10. The summed E-state index contributed by atoms with van der Waals surface area (Å²) < 4.78 is 17.2. The zero-order valence-electron chi connectivity index (χ0n) is 15.5. The number of rotatable bonds is 6. The van der Waals surface area contributed by atoms with E-state index in [1.54, 1.807) is 6.07 Å². The number of fused-ring (bicyclic) bond motifs is 1. The molecule has 2 heterocycles. The highest BCUT2D eigenvalue weighted by atomic mass is 79.9. The lowest BCUT2D eigenvalue weighted by Crippen LogP contribution is -2.32. The summed E-state index contributed by atoms with van der Waals surface area (Å²) in [5, 5.41) is 2.97. The monoisotopic (exact) mass is 449 g/mol. The van der Waals surface area contributed by atoms with Gasteiger partial charge in [-0.05, 0) is 62.3 Å². The topological polar surface area (TPSA) is 72.4 Å². The van der Waals surface area contributed by atoms with Gasteiger partial charge in [0.2, 0.25) is 5.82 Å². The summed E-state index contributed by atoms with van der Waals surface area (Å²) in [4.78, 5) is 30.6. The van der Waals surface area contributed by atoms with Crippen molar-refractivity contribution in [1.29, 1.82) is 0 Å². The van der Waals surface area contributed by atoms with Crippen LogP contribution in [0, 0.1) is 18.7 Å². The number of amides is 1. The average molecular weight is 450 g/mol. The van der Waals surface area contributed by atoms with Crippen molar-refractivity contribution in [2.45, 2.75) is 39.2 Å². The molecule has 28 heavy (non-hydrogen) atoms. The third-order valence-electron chi connectivity index (χ3n) is 5.17. The molecule has 0 saturated heterocycles. The molecule has 0 radical (unpaired) electrons. The zero-order valence-corrected chi connectivity index (χ0v) is 17.1. The van der Waals surface area contributed by atoms with Gasteiger partial charge in [-0.15, -0.1) is 0 Å². The van der Waals surface area contributed by atoms with Crippen LogP contribution in [0.4, 0.5) is 15.8 Å². The molecule has 1 amide bonds. The van der Waals surface area contributed by atoms with E-state index in [-0.39, 0.29) is 11.3 Å². The van der Waals surface area contributed by atoms with Gasteiger partial charge in [-0.1, -0.05) is 15.9 Å². The molecule has 6 nitrogen and oxygen atoms in total. The van der Waals surface area contributed by atoms with Crippen LogP contribution in [0.2, 0.25) is 0 Å². The fraction of sp³-hybridized carbons (Fsp3) is 0.400. The summed E-state index contributed by atoms with van der Waals surface area (Å²) in [5.41, 5.74) is 3.76. The Morgan fingerprint density at radius 2 is 2.18 bits per heavy atom. The van der Waals surface area contributed by atoms with Gasteiger partial charge in [-0.25, -0.2) is 5.48 Å². The SMILES string of the molecule is Cc1cc(Br)ccc1Nc1c(C(=O)NOCC2CC2)c2n(c(=O)c1F)CCC2. The molecule has 0 atom stereocenters. The standard InChI is InChI=1S/C20H21BrFN3O3/c1-11-9-13(21)6-7-14(11)23-18-16(19(26)24-28-10-12-4-5-12)15-3-2-8-25(15)20(27)17(18)22/h6-7,9,12,23H,2-5,8,10H2,1H3,(H,24,26). The summed E-state index contributed by atoms with van der Waals surface area (Å²) in [6, 6.07) is 5.46. The summed E-state index contributed by atoms with van der Waals surface area (Å²) in [6.45, 7) is 2.72. The van der Waals surface area contributed by atoms with E-state index in [2.05, 4.69) is 26.7 Å². The van der Waals surface area contributed by atoms with Crippen molar-refractivity contribution in [2.75, 3.05) is 11.9 Å². The predicted molar refractivity (Wildman–Crippen MR) is 107 cm³/mol. The summed E-state index contributed by atoms with van der Waals surface area (Å²) >= 11 is 3.40. The number of carbonyl (C=O) groups is 1. The molecule has 0 unspecified atom stereocenters. The van der Waals surface area contributed by atoms with Gasteiger partial charge in [0, 0.05) is 22.4 Å². The lowest BCUT2D eigenvalue weighted by atomic mass is 10.1. The highest BCUT2D eigenvalue weighted by Crippen LogP contribution is 2.31. The first-order valence-electron chi connectivity index (χ1n) is 9.36. The number of hydrogen-bond donors (Lipinski definition) is 2. The molecular formula is C20H21BrFN3O3. The Balaban J connectivity index is 1.73. The normalized spacial score (nSPS) is 15.4. The van der Waals surface area contributed by atoms with Crippen molar-refractivity contribution in [3.05, 3.63) is 55.7 Å². The molecule has 0 bridgehead atoms. The van der Waals surface area contributed by atoms with E-state index in [4.69, 9.17) is 4.84 Å². The Bertz CT molecular complexity index is 1000. The van der Waals surface area contributed by atoms with E-state index in [0.717, 1.165) is 22.9 Å². The molecule has 148 valence electrons. The molecule has 2 aliphatic rings. The Morgan fingerprint density at radius 1 is 1.39 bits per heavy atom. The maximum absolute atomic E-state index is 15.0. The first-order chi connectivity index (χ1) is 13.5. The Labute approximate surface area is 170 Å². The van der Waals surface area contributed by atoms with E-state index in [1.165, 1.54) is 4.57 Å². The molecular weight excluding hydrogens is 429 g/mol. The van der Waals surface area contributed by atoms with Crippen molar-refractivity contribution < 1.29 is 14.0 Å². The van der Waals surface area contributed by atoms with Gasteiger partial charge in [0.25, 0.3) is 11.5 Å². The maximum atomic E-state index is 15.0. The number of carbonyl (C=O) groups excluding carboxylic acids is 1. The van der Waals surface area contributed by atoms with Crippen LogP contribution in [-0.2, 0) is 17.8 Å². The number of anilines is 2. The van der Waals surface area contributed by atoms with Crippen LogP contribution in [0.3, 0.4) is 0 Å². The molecule has 8 heteroatoms. The van der Waals surface area contributed by atoms with E-state index < -0.39 is 17.3 Å². The first-order valence-corrected chi connectivity index (χ1v) is 10.2. The van der Waals surface area contributed by atoms with Gasteiger partial charge in [0.05, 0.1) is 17.9 Å². The van der Waals surface area contributed by atoms with Crippen molar-refractivity contribution in [1.82, 2.24) is 10.0 Å². The van der Waals surface area contributed by atoms with Gasteiger partial charge in [0.1, 0.15) is 0 Å². The average Bonchev–Trinajstić information content (AvgIpc) is 3.35. The summed E-state index contributed by atoms with van der Waals surface area (Å²) in [5.74, 6) is -1.02. The van der Waals surface area contributed by atoms with E-state index >= 15 is 4.39 Å². The summed E-state index contributed by atoms with van der Waals surface area (Å²) in [7, 11) is 0. The molecule has 1 aliphatic carbocycles. The van der Waals surface area contributed by atoms with E-state index in [0.29, 0.717) is 43.3 Å². The number of aromatic nitrogens is 1. The van der Waals surface area contributed by atoms with E-state index in [9.17, 15) is 9.59 Å². The van der Waals surface area contributed by atoms with Crippen LogP contribution < -0.4 is 16.4 Å². The predicted octanol–water partition coefficient (Wildman–Crippen LogP) is 3.82. The molecule has 1 aliphatic heterocycles. The minimum Gasteiger partial charge on any atom is -0.352 e. The number of halogens is 2. The number of benzene rings is 1. The number of hydroxylamine groups is 1. The van der Waals surface area contributed by atoms with Gasteiger partial charge >= 0.3 is 0 Å². The highest BCUT2D eigenvalue weighted by Gasteiger charge is 2.30. The van der Waals surface area contributed by atoms with Gasteiger partial charge in [-0.2, -0.15) is 4.39 Å². The third-order valence-corrected chi connectivity index (χ3v) is 5.66. The fourth-order valence-electron chi connectivity index (χ4n) is 3.46. The second-order valence-corrected chi connectivity index (χ2v) is 8.26. The van der Waals surface area contributed by atoms with Crippen molar-refractivity contribution in [2.24, 2.45) is 5.92 Å². The second kappa shape index (κ2) is 7.67. The molecule has 1 aromatic carbocycles. The Kier molecular flexibility index (Phi) is 5.25. The van der Waals surface area contributed by atoms with Crippen molar-refractivity contribution in [3.63, 3.8) is 0 Å². The minimum absolute atomic E-state index is 0.101. The molecule has 2 aromatic rings. The molecule has 1 fully saturated rings. The molecule has 1 aromatic heterocycles. The zero-order chi connectivity index (χ0) is 19.8. The molecule has 0 spiro atoms. The largest absolute Gasteiger partial charge is 0.352 e. The van der Waals surface area contributed by atoms with Crippen molar-refractivity contribution in [3.8, 4) is 0 Å². The Hall–Kier alpha value is -2.19. The van der Waals surface area contributed by atoms with Crippen LogP contribution in [0.5, 0.6) is 0 Å². The number of nitrogens with zero attached hydrogens (tertiary/aromatic N) is 1. The van der Waals surface area contributed by atoms with Gasteiger partial charge < -0.3 is 9.88 Å². The fourth-order valence-corrected chi connectivity index (χ4v) is 3.94. The van der Waals surface area contributed by atoms with Crippen LogP contribution >= 0.6 is 15.9 Å². The lowest BCUT2D eigenvalue weighted by Gasteiger charge is -2.18. The van der Waals surface area contributed by atoms with Crippen LogP contribution in [0.25, 0.3) is 0 Å². The smallest absolute Gasteiger partial charge is 0.289 e. The summed E-state index contributed by atoms with van der Waals surface area (Å²) in [6.07, 6.45) is 3.42. The quantitative estimate of drug-likeness (QED) is 0.657. The van der Waals surface area contributed by atoms with Crippen LogP contribution in [-0.4, -0.2) is 17.1 Å². The van der Waals surface area contributed by atoms with Gasteiger partial charge in [0.15, 0.2) is 0 Å². The molecule has 2 N–H and O–H groups in total. The van der Waals surface area contributed by atoms with Gasteiger partial charge in [-0.3, -0.25) is 14.4 Å². The number of aryl methyl sites for hydroxylation is 1. The second-order valence-electron chi connectivity index (χ2n) is 7.34. The number of hydrogen-bond acceptors (Lipinski definition) is 4. The molecule has 1 saturated carbocycles.